The number of amides is 1. The minimum Gasteiger partial charge on any atom is -0.349 e. The van der Waals surface area contributed by atoms with Gasteiger partial charge in [-0.05, 0) is 0 Å². The van der Waals surface area contributed by atoms with Crippen molar-refractivity contribution in [2.24, 2.45) is 7.05 Å². The monoisotopic (exact) mass is 221 g/mol. The first-order valence-corrected chi connectivity index (χ1v) is 4.74. The molecule has 0 fully saturated rings. The number of H-pyrrole nitrogens is 1. The van der Waals surface area contributed by atoms with Crippen LogP contribution in [0.15, 0.2) is 12.7 Å². The summed E-state index contributed by atoms with van der Waals surface area (Å²) in [5.74, 6) is 0.614. The van der Waals surface area contributed by atoms with Gasteiger partial charge in [0.2, 0.25) is 5.82 Å². The summed E-state index contributed by atoms with van der Waals surface area (Å²) < 4.78 is 1.62. The number of nitrogens with zero attached hydrogens (tertiary/aromatic N) is 5. The average Bonchev–Trinajstić information content (AvgIpc) is 2.89. The third-order valence-electron chi connectivity index (χ3n) is 1.91. The second-order valence-electron chi connectivity index (χ2n) is 3.17. The number of aromatic nitrogens is 6. The molecule has 0 aliphatic rings. The fourth-order valence-corrected chi connectivity index (χ4v) is 1.18. The van der Waals surface area contributed by atoms with E-state index >= 15 is 0 Å². The van der Waals surface area contributed by atoms with E-state index in [1.54, 1.807) is 18.1 Å². The summed E-state index contributed by atoms with van der Waals surface area (Å²) in [6.45, 7) is 0.462. The SMILES string of the molecule is Cn1cnc(CCNC(=O)c2ncn[nH]2)n1. The highest BCUT2D eigenvalue weighted by Gasteiger charge is 2.07. The molecule has 1 amide bonds. The lowest BCUT2D eigenvalue weighted by Gasteiger charge is -1.99. The molecule has 0 radical (unpaired) electrons. The first-order valence-electron chi connectivity index (χ1n) is 4.74. The van der Waals surface area contributed by atoms with Crippen molar-refractivity contribution in [3.8, 4) is 0 Å². The fraction of sp³-hybridized carbons (Fsp3) is 0.375. The third kappa shape index (κ3) is 2.41. The lowest BCUT2D eigenvalue weighted by Crippen LogP contribution is -2.27. The summed E-state index contributed by atoms with van der Waals surface area (Å²) in [7, 11) is 1.80. The molecule has 0 unspecified atom stereocenters. The van der Waals surface area contributed by atoms with Gasteiger partial charge in [0.05, 0.1) is 0 Å². The van der Waals surface area contributed by atoms with E-state index < -0.39 is 0 Å². The zero-order chi connectivity index (χ0) is 11.4. The summed E-state index contributed by atoms with van der Waals surface area (Å²) in [5, 5.41) is 12.8. The lowest BCUT2D eigenvalue weighted by atomic mass is 10.4. The first-order chi connectivity index (χ1) is 7.75. The molecular weight excluding hydrogens is 210 g/mol. The maximum Gasteiger partial charge on any atom is 0.288 e. The van der Waals surface area contributed by atoms with E-state index in [-0.39, 0.29) is 11.7 Å². The topological polar surface area (TPSA) is 101 Å². The van der Waals surface area contributed by atoms with Crippen LogP contribution in [0.3, 0.4) is 0 Å². The second-order valence-corrected chi connectivity index (χ2v) is 3.17. The molecule has 0 aliphatic heterocycles. The summed E-state index contributed by atoms with van der Waals surface area (Å²) in [5.41, 5.74) is 0. The molecule has 2 aromatic heterocycles. The zero-order valence-electron chi connectivity index (χ0n) is 8.71. The summed E-state index contributed by atoms with van der Waals surface area (Å²) in [4.78, 5) is 19.2. The van der Waals surface area contributed by atoms with Crippen LogP contribution in [0.5, 0.6) is 0 Å². The summed E-state index contributed by atoms with van der Waals surface area (Å²) in [6.07, 6.45) is 3.49. The quantitative estimate of drug-likeness (QED) is 0.682. The van der Waals surface area contributed by atoms with E-state index in [1.165, 1.54) is 6.33 Å². The molecule has 8 heteroatoms. The molecule has 0 saturated heterocycles. The van der Waals surface area contributed by atoms with Crippen LogP contribution in [0, 0.1) is 0 Å². The summed E-state index contributed by atoms with van der Waals surface area (Å²) in [6, 6.07) is 0. The second kappa shape index (κ2) is 4.51. The molecule has 0 aromatic carbocycles. The molecule has 2 N–H and O–H groups in total. The maximum atomic E-state index is 11.4. The van der Waals surface area contributed by atoms with Gasteiger partial charge in [0, 0.05) is 20.0 Å². The van der Waals surface area contributed by atoms with E-state index in [2.05, 4.69) is 30.6 Å². The number of carbonyl (C=O) groups is 1. The van der Waals surface area contributed by atoms with Crippen LogP contribution in [0.4, 0.5) is 0 Å². The van der Waals surface area contributed by atoms with Gasteiger partial charge in [0.1, 0.15) is 12.7 Å². The van der Waals surface area contributed by atoms with Crippen LogP contribution in [0.1, 0.15) is 16.4 Å². The molecule has 0 bridgehead atoms. The lowest BCUT2D eigenvalue weighted by molar-refractivity contribution is 0.0944. The molecule has 0 saturated carbocycles. The number of nitrogens with one attached hydrogen (secondary N) is 2. The van der Waals surface area contributed by atoms with Crippen LogP contribution in [0.2, 0.25) is 0 Å². The number of rotatable bonds is 4. The van der Waals surface area contributed by atoms with Crippen LogP contribution >= 0.6 is 0 Å². The third-order valence-corrected chi connectivity index (χ3v) is 1.91. The van der Waals surface area contributed by atoms with Gasteiger partial charge in [-0.25, -0.2) is 9.97 Å². The average molecular weight is 221 g/mol. The number of hydrogen-bond donors (Lipinski definition) is 2. The van der Waals surface area contributed by atoms with Crippen molar-refractivity contribution >= 4 is 5.91 Å². The molecule has 8 nitrogen and oxygen atoms in total. The Morgan fingerprint density at radius 1 is 1.56 bits per heavy atom. The largest absolute Gasteiger partial charge is 0.349 e. The molecule has 2 aromatic rings. The molecule has 0 aliphatic carbocycles. The Bertz CT molecular complexity index is 460. The minimum atomic E-state index is -0.284. The maximum absolute atomic E-state index is 11.4. The normalized spacial score (nSPS) is 10.3. The predicted octanol–water partition coefficient (Wildman–Crippen LogP) is -1.09. The zero-order valence-corrected chi connectivity index (χ0v) is 8.71. The van der Waals surface area contributed by atoms with Crippen LogP contribution < -0.4 is 5.32 Å². The Balaban J connectivity index is 1.78. The van der Waals surface area contributed by atoms with Crippen LogP contribution in [-0.2, 0) is 13.5 Å². The number of aromatic amines is 1. The molecule has 0 atom stereocenters. The van der Waals surface area contributed by atoms with Gasteiger partial charge in [0.25, 0.3) is 5.91 Å². The summed E-state index contributed by atoms with van der Waals surface area (Å²) >= 11 is 0. The van der Waals surface area contributed by atoms with Gasteiger partial charge in [-0.3, -0.25) is 14.6 Å². The standard InChI is InChI=1S/C8H11N7O/c1-15-5-11-6(14-15)2-3-9-8(16)7-10-4-12-13-7/h4-5H,2-3H2,1H3,(H,9,16)(H,10,12,13). The van der Waals surface area contributed by atoms with Crippen molar-refractivity contribution in [1.29, 1.82) is 0 Å². The highest BCUT2D eigenvalue weighted by molar-refractivity contribution is 5.90. The van der Waals surface area contributed by atoms with E-state index in [0.717, 1.165) is 0 Å². The van der Waals surface area contributed by atoms with E-state index in [1.807, 2.05) is 0 Å². The molecule has 2 heterocycles. The highest BCUT2D eigenvalue weighted by atomic mass is 16.2. The van der Waals surface area contributed by atoms with E-state index in [0.29, 0.717) is 18.8 Å². The van der Waals surface area contributed by atoms with Crippen LogP contribution in [-0.4, -0.2) is 42.4 Å². The Morgan fingerprint density at radius 3 is 3.06 bits per heavy atom. The Kier molecular flexibility index (Phi) is 2.90. The number of carbonyl (C=O) groups excluding carboxylic acids is 1. The predicted molar refractivity (Wildman–Crippen MR) is 53.4 cm³/mol. The van der Waals surface area contributed by atoms with E-state index in [4.69, 9.17) is 0 Å². The van der Waals surface area contributed by atoms with Gasteiger partial charge in [-0.2, -0.15) is 10.2 Å². The van der Waals surface area contributed by atoms with Gasteiger partial charge in [-0.15, -0.1) is 0 Å². The molecule has 0 spiro atoms. The highest BCUT2D eigenvalue weighted by Crippen LogP contribution is 1.89. The fourth-order valence-electron chi connectivity index (χ4n) is 1.18. The smallest absolute Gasteiger partial charge is 0.288 e. The molecule has 2 rings (SSSR count). The molecule has 16 heavy (non-hydrogen) atoms. The number of hydrogen-bond acceptors (Lipinski definition) is 5. The molecular formula is C8H11N7O. The van der Waals surface area contributed by atoms with Gasteiger partial charge in [-0.1, -0.05) is 0 Å². The minimum absolute atomic E-state index is 0.203. The van der Waals surface area contributed by atoms with Crippen molar-refractivity contribution in [2.75, 3.05) is 6.54 Å². The Morgan fingerprint density at radius 2 is 2.44 bits per heavy atom. The number of aryl methyl sites for hydroxylation is 1. The van der Waals surface area contributed by atoms with Crippen LogP contribution in [0.25, 0.3) is 0 Å². The first kappa shape index (κ1) is 10.3. The van der Waals surface area contributed by atoms with Gasteiger partial charge >= 0.3 is 0 Å². The van der Waals surface area contributed by atoms with Crippen molar-refractivity contribution in [2.45, 2.75) is 6.42 Å². The van der Waals surface area contributed by atoms with Gasteiger partial charge in [0.15, 0.2) is 5.82 Å². The van der Waals surface area contributed by atoms with Crippen molar-refractivity contribution < 1.29 is 4.79 Å². The van der Waals surface area contributed by atoms with Gasteiger partial charge < -0.3 is 5.32 Å². The Hall–Kier alpha value is -2.25. The van der Waals surface area contributed by atoms with E-state index in [9.17, 15) is 4.79 Å². The van der Waals surface area contributed by atoms with Crippen molar-refractivity contribution in [3.05, 3.63) is 24.3 Å². The Labute approximate surface area is 91.1 Å². The van der Waals surface area contributed by atoms with Crippen molar-refractivity contribution in [3.63, 3.8) is 0 Å². The molecule has 84 valence electrons. The van der Waals surface area contributed by atoms with Crippen molar-refractivity contribution in [1.82, 2.24) is 35.3 Å².